The second kappa shape index (κ2) is 4.28. The van der Waals surface area contributed by atoms with Gasteiger partial charge in [-0.15, -0.1) is 11.6 Å². The molecule has 70 valence electrons. The van der Waals surface area contributed by atoms with E-state index in [-0.39, 0.29) is 0 Å². The zero-order valence-corrected chi connectivity index (χ0v) is 8.14. The molecule has 0 aliphatic carbocycles. The van der Waals surface area contributed by atoms with E-state index in [2.05, 4.69) is 0 Å². The molecule has 13 heavy (non-hydrogen) atoms. The highest BCUT2D eigenvalue weighted by Gasteiger charge is 2.05. The Morgan fingerprint density at radius 3 is 2.62 bits per heavy atom. The molecule has 0 heterocycles. The molecule has 0 aliphatic heterocycles. The van der Waals surface area contributed by atoms with Gasteiger partial charge in [-0.05, 0) is 29.7 Å². The largest absolute Gasteiger partial charge is 0.478 e. The van der Waals surface area contributed by atoms with E-state index in [0.717, 1.165) is 17.5 Å². The SMILES string of the molecule is CCc1cc(C(=O)O)ccc1CCl. The molecule has 0 aliphatic rings. The molecular formula is C10H11ClO2. The van der Waals surface area contributed by atoms with Crippen molar-refractivity contribution < 1.29 is 9.90 Å². The van der Waals surface area contributed by atoms with Crippen molar-refractivity contribution in [2.75, 3.05) is 0 Å². The Bertz CT molecular complexity index is 321. The third kappa shape index (κ3) is 2.22. The van der Waals surface area contributed by atoms with Crippen LogP contribution in [0.3, 0.4) is 0 Å². The Kier molecular flexibility index (Phi) is 3.32. The van der Waals surface area contributed by atoms with Gasteiger partial charge in [-0.25, -0.2) is 4.79 Å². The zero-order valence-electron chi connectivity index (χ0n) is 7.38. The Morgan fingerprint density at radius 1 is 1.46 bits per heavy atom. The first-order chi connectivity index (χ1) is 6.19. The Morgan fingerprint density at radius 2 is 2.15 bits per heavy atom. The number of carboxylic acids is 1. The average Bonchev–Trinajstić information content (AvgIpc) is 2.16. The summed E-state index contributed by atoms with van der Waals surface area (Å²) in [5.41, 5.74) is 2.34. The van der Waals surface area contributed by atoms with Gasteiger partial charge in [0.05, 0.1) is 5.56 Å². The second-order valence-corrected chi connectivity index (χ2v) is 3.04. The van der Waals surface area contributed by atoms with Gasteiger partial charge in [0.2, 0.25) is 0 Å². The summed E-state index contributed by atoms with van der Waals surface area (Å²) in [6, 6.07) is 5.04. The van der Waals surface area contributed by atoms with E-state index < -0.39 is 5.97 Å². The van der Waals surface area contributed by atoms with Crippen molar-refractivity contribution in [3.63, 3.8) is 0 Å². The molecule has 0 amide bonds. The van der Waals surface area contributed by atoms with Crippen LogP contribution in [-0.4, -0.2) is 11.1 Å². The molecule has 0 aromatic heterocycles. The Balaban J connectivity index is 3.13. The molecule has 0 bridgehead atoms. The highest BCUT2D eigenvalue weighted by molar-refractivity contribution is 6.17. The predicted octanol–water partition coefficient (Wildman–Crippen LogP) is 2.69. The molecule has 0 saturated heterocycles. The van der Waals surface area contributed by atoms with Gasteiger partial charge >= 0.3 is 5.97 Å². The van der Waals surface area contributed by atoms with Crippen LogP contribution in [-0.2, 0) is 12.3 Å². The summed E-state index contributed by atoms with van der Waals surface area (Å²) in [7, 11) is 0. The molecule has 0 saturated carbocycles. The first kappa shape index (κ1) is 10.1. The smallest absolute Gasteiger partial charge is 0.335 e. The number of aromatic carboxylic acids is 1. The van der Waals surface area contributed by atoms with E-state index in [9.17, 15) is 4.79 Å². The van der Waals surface area contributed by atoms with Crippen molar-refractivity contribution in [2.24, 2.45) is 0 Å². The summed E-state index contributed by atoms with van der Waals surface area (Å²) < 4.78 is 0. The monoisotopic (exact) mass is 198 g/mol. The van der Waals surface area contributed by atoms with Crippen molar-refractivity contribution >= 4 is 17.6 Å². The summed E-state index contributed by atoms with van der Waals surface area (Å²) in [4.78, 5) is 10.6. The molecule has 0 spiro atoms. The van der Waals surface area contributed by atoms with E-state index in [0.29, 0.717) is 11.4 Å². The van der Waals surface area contributed by atoms with Gasteiger partial charge in [-0.3, -0.25) is 0 Å². The fraction of sp³-hybridized carbons (Fsp3) is 0.300. The quantitative estimate of drug-likeness (QED) is 0.759. The molecular weight excluding hydrogens is 188 g/mol. The van der Waals surface area contributed by atoms with Crippen LogP contribution in [0.2, 0.25) is 0 Å². The number of rotatable bonds is 3. The standard InChI is InChI=1S/C10H11ClO2/c1-2-7-5-8(10(12)13)3-4-9(7)6-11/h3-5H,2,6H2,1H3,(H,12,13). The minimum Gasteiger partial charge on any atom is -0.478 e. The van der Waals surface area contributed by atoms with Crippen molar-refractivity contribution in [1.82, 2.24) is 0 Å². The lowest BCUT2D eigenvalue weighted by molar-refractivity contribution is 0.0697. The number of hydrogen-bond acceptors (Lipinski definition) is 1. The number of alkyl halides is 1. The fourth-order valence-electron chi connectivity index (χ4n) is 1.22. The van der Waals surface area contributed by atoms with Crippen LogP contribution in [0.25, 0.3) is 0 Å². The molecule has 1 N–H and O–H groups in total. The van der Waals surface area contributed by atoms with Gasteiger partial charge in [0, 0.05) is 5.88 Å². The Hall–Kier alpha value is -1.02. The number of aryl methyl sites for hydroxylation is 1. The third-order valence-corrected chi connectivity index (χ3v) is 2.27. The van der Waals surface area contributed by atoms with Crippen LogP contribution in [0.4, 0.5) is 0 Å². The van der Waals surface area contributed by atoms with Gasteiger partial charge in [0.15, 0.2) is 0 Å². The van der Waals surface area contributed by atoms with Gasteiger partial charge < -0.3 is 5.11 Å². The third-order valence-electron chi connectivity index (χ3n) is 1.98. The van der Waals surface area contributed by atoms with Crippen molar-refractivity contribution in [3.8, 4) is 0 Å². The normalized spacial score (nSPS) is 10.0. The van der Waals surface area contributed by atoms with E-state index in [1.165, 1.54) is 0 Å². The molecule has 1 rings (SSSR count). The predicted molar refractivity (Wildman–Crippen MR) is 52.3 cm³/mol. The second-order valence-electron chi connectivity index (χ2n) is 2.78. The minimum atomic E-state index is -0.893. The van der Waals surface area contributed by atoms with Crippen LogP contribution in [0.1, 0.15) is 28.4 Å². The first-order valence-electron chi connectivity index (χ1n) is 4.10. The number of halogens is 1. The van der Waals surface area contributed by atoms with E-state index in [1.54, 1.807) is 18.2 Å². The maximum Gasteiger partial charge on any atom is 0.335 e. The molecule has 3 heteroatoms. The topological polar surface area (TPSA) is 37.3 Å². The number of hydrogen-bond donors (Lipinski definition) is 1. The van der Waals surface area contributed by atoms with Crippen molar-refractivity contribution in [1.29, 1.82) is 0 Å². The summed E-state index contributed by atoms with van der Waals surface area (Å²) in [5.74, 6) is -0.459. The Labute approximate surface area is 82.2 Å². The lowest BCUT2D eigenvalue weighted by Gasteiger charge is -2.05. The van der Waals surface area contributed by atoms with Crippen molar-refractivity contribution in [3.05, 3.63) is 34.9 Å². The minimum absolute atomic E-state index is 0.325. The van der Waals surface area contributed by atoms with Crippen LogP contribution in [0.15, 0.2) is 18.2 Å². The summed E-state index contributed by atoms with van der Waals surface area (Å²) in [6.07, 6.45) is 0.809. The molecule has 0 fully saturated rings. The molecule has 0 atom stereocenters. The molecule has 0 radical (unpaired) electrons. The molecule has 2 nitrogen and oxygen atoms in total. The van der Waals surface area contributed by atoms with Crippen LogP contribution >= 0.6 is 11.6 Å². The van der Waals surface area contributed by atoms with Gasteiger partial charge in [0.1, 0.15) is 0 Å². The fourth-order valence-corrected chi connectivity index (χ4v) is 1.48. The number of benzene rings is 1. The van der Waals surface area contributed by atoms with Crippen LogP contribution in [0.5, 0.6) is 0 Å². The summed E-state index contributed by atoms with van der Waals surface area (Å²) in [6.45, 7) is 1.98. The maximum atomic E-state index is 10.6. The van der Waals surface area contributed by atoms with E-state index in [1.807, 2.05) is 6.92 Å². The van der Waals surface area contributed by atoms with Crippen LogP contribution in [0, 0.1) is 0 Å². The van der Waals surface area contributed by atoms with Gasteiger partial charge in [-0.1, -0.05) is 13.0 Å². The zero-order chi connectivity index (χ0) is 9.84. The van der Waals surface area contributed by atoms with Gasteiger partial charge in [0.25, 0.3) is 0 Å². The molecule has 0 unspecified atom stereocenters. The average molecular weight is 199 g/mol. The molecule has 1 aromatic carbocycles. The van der Waals surface area contributed by atoms with E-state index in [4.69, 9.17) is 16.7 Å². The van der Waals surface area contributed by atoms with E-state index >= 15 is 0 Å². The van der Waals surface area contributed by atoms with Crippen LogP contribution < -0.4 is 0 Å². The lowest BCUT2D eigenvalue weighted by Crippen LogP contribution is -1.99. The maximum absolute atomic E-state index is 10.6. The highest BCUT2D eigenvalue weighted by Crippen LogP contribution is 2.15. The van der Waals surface area contributed by atoms with Crippen molar-refractivity contribution in [2.45, 2.75) is 19.2 Å². The number of carboxylic acid groups (broad SMARTS) is 1. The highest BCUT2D eigenvalue weighted by atomic mass is 35.5. The summed E-state index contributed by atoms with van der Waals surface area (Å²) in [5, 5.41) is 8.74. The van der Waals surface area contributed by atoms with Gasteiger partial charge in [-0.2, -0.15) is 0 Å². The summed E-state index contributed by atoms with van der Waals surface area (Å²) >= 11 is 5.70. The molecule has 1 aromatic rings. The number of carbonyl (C=O) groups is 1. The lowest BCUT2D eigenvalue weighted by atomic mass is 10.0. The first-order valence-corrected chi connectivity index (χ1v) is 4.63.